The lowest BCUT2D eigenvalue weighted by Gasteiger charge is -2.34. The molecule has 2 fully saturated rings. The number of benzene rings is 1. The van der Waals surface area contributed by atoms with Gasteiger partial charge in [0.2, 0.25) is 0 Å². The normalized spacial score (nSPS) is 21.2. The number of unbranched alkanes of at least 4 members (excludes halogenated alkanes) is 1. The Kier molecular flexibility index (Phi) is 11.3. The molecular formula is C23H40IN5. The van der Waals surface area contributed by atoms with Gasteiger partial charge in [0, 0.05) is 52.9 Å². The predicted molar refractivity (Wildman–Crippen MR) is 134 cm³/mol. The maximum Gasteiger partial charge on any atom is 0.193 e. The van der Waals surface area contributed by atoms with Crippen LogP contribution in [-0.2, 0) is 6.42 Å². The van der Waals surface area contributed by atoms with Gasteiger partial charge in [0.25, 0.3) is 0 Å². The van der Waals surface area contributed by atoms with Crippen molar-refractivity contribution in [3.63, 3.8) is 0 Å². The Bertz CT molecular complexity index is 586. The maximum absolute atomic E-state index is 4.53. The number of hydrogen-bond acceptors (Lipinski definition) is 3. The van der Waals surface area contributed by atoms with Crippen LogP contribution >= 0.6 is 24.0 Å². The first-order chi connectivity index (χ1) is 13.8. The summed E-state index contributed by atoms with van der Waals surface area (Å²) in [7, 11) is 1.92. The Labute approximate surface area is 194 Å². The molecule has 3 rings (SSSR count). The topological polar surface area (TPSA) is 34.1 Å². The lowest BCUT2D eigenvalue weighted by Crippen LogP contribution is -2.46. The third-order valence-corrected chi connectivity index (χ3v) is 6.26. The fourth-order valence-corrected chi connectivity index (χ4v) is 4.46. The molecule has 2 heterocycles. The maximum atomic E-state index is 4.53. The van der Waals surface area contributed by atoms with Crippen molar-refractivity contribution in [2.45, 2.75) is 32.6 Å². The Morgan fingerprint density at radius 2 is 1.76 bits per heavy atom. The van der Waals surface area contributed by atoms with E-state index in [9.17, 15) is 0 Å². The van der Waals surface area contributed by atoms with Gasteiger partial charge in [-0.05, 0) is 50.3 Å². The van der Waals surface area contributed by atoms with Crippen molar-refractivity contribution in [2.24, 2.45) is 10.9 Å². The number of nitrogens with zero attached hydrogens (tertiary/aromatic N) is 4. The van der Waals surface area contributed by atoms with Crippen molar-refractivity contribution < 1.29 is 0 Å². The van der Waals surface area contributed by atoms with Crippen LogP contribution in [0.5, 0.6) is 0 Å². The number of rotatable bonds is 8. The Morgan fingerprint density at radius 3 is 2.45 bits per heavy atom. The molecule has 1 aromatic rings. The van der Waals surface area contributed by atoms with E-state index in [1.54, 1.807) is 0 Å². The van der Waals surface area contributed by atoms with Crippen LogP contribution in [-0.4, -0.2) is 86.6 Å². The van der Waals surface area contributed by atoms with Gasteiger partial charge in [0.05, 0.1) is 0 Å². The number of guanidine groups is 1. The number of likely N-dealkylation sites (tertiary alicyclic amines) is 1. The van der Waals surface area contributed by atoms with E-state index in [4.69, 9.17) is 0 Å². The standard InChI is InChI=1S/C23H39N5.HI/c1-3-26-15-17-27(18-16-26)13-8-7-12-25-23(24-2)28-14-11-22(20-28)19-21-9-5-4-6-10-21;/h4-6,9-10,22H,3,7-8,11-20H2,1-2H3,(H,24,25);1H. The summed E-state index contributed by atoms with van der Waals surface area (Å²) in [5.74, 6) is 1.83. The van der Waals surface area contributed by atoms with Gasteiger partial charge in [-0.25, -0.2) is 0 Å². The van der Waals surface area contributed by atoms with Crippen molar-refractivity contribution >= 4 is 29.9 Å². The molecule has 0 bridgehead atoms. The highest BCUT2D eigenvalue weighted by molar-refractivity contribution is 14.0. The quantitative estimate of drug-likeness (QED) is 0.251. The first-order valence-electron chi connectivity index (χ1n) is 11.2. The Hall–Kier alpha value is -0.860. The molecule has 0 amide bonds. The average molecular weight is 514 g/mol. The molecule has 0 saturated carbocycles. The molecule has 0 radical (unpaired) electrons. The molecule has 6 heteroatoms. The zero-order chi connectivity index (χ0) is 19.6. The molecule has 1 aromatic carbocycles. The second-order valence-electron chi connectivity index (χ2n) is 8.25. The summed E-state index contributed by atoms with van der Waals surface area (Å²) in [6, 6.07) is 10.9. The van der Waals surface area contributed by atoms with Gasteiger partial charge in [-0.15, -0.1) is 24.0 Å². The average Bonchev–Trinajstić information content (AvgIpc) is 3.20. The van der Waals surface area contributed by atoms with E-state index in [1.807, 2.05) is 7.05 Å². The summed E-state index contributed by atoms with van der Waals surface area (Å²) in [4.78, 5) is 12.1. The van der Waals surface area contributed by atoms with E-state index in [-0.39, 0.29) is 24.0 Å². The first-order valence-corrected chi connectivity index (χ1v) is 11.2. The number of aliphatic imine (C=N–C) groups is 1. The minimum absolute atomic E-state index is 0. The van der Waals surface area contributed by atoms with Gasteiger partial charge < -0.3 is 20.0 Å². The second-order valence-corrected chi connectivity index (χ2v) is 8.25. The fraction of sp³-hybridized carbons (Fsp3) is 0.696. The summed E-state index contributed by atoms with van der Waals surface area (Å²) in [6.45, 7) is 12.9. The van der Waals surface area contributed by atoms with Crippen LogP contribution in [0.15, 0.2) is 35.3 Å². The molecule has 164 valence electrons. The zero-order valence-corrected chi connectivity index (χ0v) is 20.7. The summed E-state index contributed by atoms with van der Waals surface area (Å²) in [5.41, 5.74) is 1.46. The largest absolute Gasteiger partial charge is 0.356 e. The van der Waals surface area contributed by atoms with Gasteiger partial charge >= 0.3 is 0 Å². The van der Waals surface area contributed by atoms with E-state index in [0.717, 1.165) is 31.5 Å². The number of likely N-dealkylation sites (N-methyl/N-ethyl adjacent to an activating group) is 1. The minimum Gasteiger partial charge on any atom is -0.356 e. The molecular weight excluding hydrogens is 473 g/mol. The Balaban J connectivity index is 0.00000300. The molecule has 1 atom stereocenters. The number of piperazine rings is 1. The minimum atomic E-state index is 0. The molecule has 0 aromatic heterocycles. The van der Waals surface area contributed by atoms with Gasteiger partial charge in [0.15, 0.2) is 5.96 Å². The van der Waals surface area contributed by atoms with Crippen LogP contribution in [0.1, 0.15) is 31.7 Å². The van der Waals surface area contributed by atoms with Crippen molar-refractivity contribution in [1.82, 2.24) is 20.0 Å². The van der Waals surface area contributed by atoms with Crippen LogP contribution in [0.2, 0.25) is 0 Å². The molecule has 1 unspecified atom stereocenters. The van der Waals surface area contributed by atoms with Crippen molar-refractivity contribution in [2.75, 3.05) is 66.0 Å². The molecule has 2 saturated heterocycles. The van der Waals surface area contributed by atoms with Crippen LogP contribution in [0, 0.1) is 5.92 Å². The van der Waals surface area contributed by atoms with Crippen LogP contribution < -0.4 is 5.32 Å². The first kappa shape index (κ1) is 24.4. The van der Waals surface area contributed by atoms with Gasteiger partial charge in [-0.1, -0.05) is 37.3 Å². The number of hydrogen-bond donors (Lipinski definition) is 1. The van der Waals surface area contributed by atoms with Crippen molar-refractivity contribution in [3.05, 3.63) is 35.9 Å². The monoisotopic (exact) mass is 513 g/mol. The molecule has 2 aliphatic heterocycles. The molecule has 2 aliphatic rings. The SMILES string of the molecule is CCN1CCN(CCCCNC(=NC)N2CCC(Cc3ccccc3)C2)CC1.I. The molecule has 29 heavy (non-hydrogen) atoms. The van der Waals surface area contributed by atoms with Crippen molar-refractivity contribution in [1.29, 1.82) is 0 Å². The number of nitrogens with one attached hydrogen (secondary N) is 1. The summed E-state index contributed by atoms with van der Waals surface area (Å²) >= 11 is 0. The van der Waals surface area contributed by atoms with Crippen molar-refractivity contribution in [3.8, 4) is 0 Å². The lowest BCUT2D eigenvalue weighted by molar-refractivity contribution is 0.136. The smallest absolute Gasteiger partial charge is 0.193 e. The van der Waals surface area contributed by atoms with E-state index in [0.29, 0.717) is 0 Å². The third kappa shape index (κ3) is 8.06. The van der Waals surface area contributed by atoms with Gasteiger partial charge in [-0.2, -0.15) is 0 Å². The van der Waals surface area contributed by atoms with E-state index < -0.39 is 0 Å². The number of halogens is 1. The highest BCUT2D eigenvalue weighted by atomic mass is 127. The molecule has 0 spiro atoms. The van der Waals surface area contributed by atoms with Crippen LogP contribution in [0.3, 0.4) is 0 Å². The third-order valence-electron chi connectivity index (χ3n) is 6.26. The van der Waals surface area contributed by atoms with Gasteiger partial charge in [0.1, 0.15) is 0 Å². The highest BCUT2D eigenvalue weighted by Gasteiger charge is 2.24. The summed E-state index contributed by atoms with van der Waals surface area (Å²) in [6.07, 6.45) is 4.93. The predicted octanol–water partition coefficient (Wildman–Crippen LogP) is 3.16. The summed E-state index contributed by atoms with van der Waals surface area (Å²) in [5, 5.41) is 3.60. The Morgan fingerprint density at radius 1 is 1.03 bits per heavy atom. The molecule has 5 nitrogen and oxygen atoms in total. The second kappa shape index (κ2) is 13.4. The lowest BCUT2D eigenvalue weighted by atomic mass is 9.99. The zero-order valence-electron chi connectivity index (χ0n) is 18.4. The highest BCUT2D eigenvalue weighted by Crippen LogP contribution is 2.20. The van der Waals surface area contributed by atoms with Gasteiger partial charge in [-0.3, -0.25) is 4.99 Å². The van der Waals surface area contributed by atoms with E-state index >= 15 is 0 Å². The van der Waals surface area contributed by atoms with E-state index in [2.05, 4.69) is 62.3 Å². The molecule has 1 N–H and O–H groups in total. The van der Waals surface area contributed by atoms with E-state index in [1.165, 1.54) is 70.5 Å². The fourth-order valence-electron chi connectivity index (χ4n) is 4.46. The van der Waals surface area contributed by atoms with Crippen LogP contribution in [0.25, 0.3) is 0 Å². The summed E-state index contributed by atoms with van der Waals surface area (Å²) < 4.78 is 0. The molecule has 0 aliphatic carbocycles. The van der Waals surface area contributed by atoms with Crippen LogP contribution in [0.4, 0.5) is 0 Å².